The number of rotatable bonds is 9. The molecule has 0 fully saturated rings. The van der Waals surface area contributed by atoms with Gasteiger partial charge in [-0.1, -0.05) is 44.2 Å². The molecule has 0 bridgehead atoms. The summed E-state index contributed by atoms with van der Waals surface area (Å²) in [6.45, 7) is 11.2. The molecule has 0 saturated heterocycles. The average Bonchev–Trinajstić information content (AvgIpc) is 2.53. The van der Waals surface area contributed by atoms with Crippen molar-refractivity contribution in [1.82, 2.24) is 10.6 Å². The molecule has 0 saturated carbocycles. The fraction of sp³-hybridized carbons (Fsp3) is 0.611. The van der Waals surface area contributed by atoms with Crippen molar-refractivity contribution in [3.63, 3.8) is 0 Å². The van der Waals surface area contributed by atoms with E-state index in [-0.39, 0.29) is 0 Å². The Kier molecular flexibility index (Phi) is 8.66. The third-order valence-corrected chi connectivity index (χ3v) is 3.27. The molecule has 5 nitrogen and oxygen atoms in total. The van der Waals surface area contributed by atoms with Gasteiger partial charge in [-0.25, -0.2) is 4.99 Å². The van der Waals surface area contributed by atoms with Crippen LogP contribution in [0, 0.1) is 5.92 Å². The Morgan fingerprint density at radius 2 is 1.96 bits per heavy atom. The lowest BCUT2D eigenvalue weighted by Gasteiger charge is -2.22. The van der Waals surface area contributed by atoms with Gasteiger partial charge in [0.2, 0.25) is 0 Å². The van der Waals surface area contributed by atoms with E-state index in [2.05, 4.69) is 29.5 Å². The molecule has 0 spiro atoms. The summed E-state index contributed by atoms with van der Waals surface area (Å²) in [6, 6.07) is 9.60. The van der Waals surface area contributed by atoms with E-state index < -0.39 is 5.60 Å². The topological polar surface area (TPSA) is 65.9 Å². The highest BCUT2D eigenvalue weighted by Gasteiger charge is 2.22. The minimum absolute atomic E-state index is 0.291. The second-order valence-corrected chi connectivity index (χ2v) is 6.23. The molecule has 1 unspecified atom stereocenters. The first-order chi connectivity index (χ1) is 11.0. The van der Waals surface area contributed by atoms with E-state index in [4.69, 9.17) is 4.74 Å². The van der Waals surface area contributed by atoms with Gasteiger partial charge in [-0.2, -0.15) is 0 Å². The first-order valence-corrected chi connectivity index (χ1v) is 8.33. The molecule has 0 heterocycles. The SMILES string of the molecule is CCNC(=NCC(C)(O)c1ccccc1)NCCOCC(C)C. The number of benzene rings is 1. The number of aliphatic hydroxyl groups is 1. The highest BCUT2D eigenvalue weighted by atomic mass is 16.5. The van der Waals surface area contributed by atoms with Gasteiger partial charge < -0.3 is 20.5 Å². The molecule has 0 aliphatic rings. The maximum Gasteiger partial charge on any atom is 0.191 e. The molecule has 0 aliphatic heterocycles. The van der Waals surface area contributed by atoms with Gasteiger partial charge >= 0.3 is 0 Å². The maximum absolute atomic E-state index is 10.6. The number of nitrogens with one attached hydrogen (secondary N) is 2. The van der Waals surface area contributed by atoms with Crippen molar-refractivity contribution in [2.75, 3.05) is 32.8 Å². The molecular weight excluding hydrogens is 290 g/mol. The van der Waals surface area contributed by atoms with Crippen molar-refractivity contribution in [1.29, 1.82) is 0 Å². The predicted octanol–water partition coefficient (Wildman–Crippen LogP) is 2.12. The van der Waals surface area contributed by atoms with Gasteiger partial charge in [0, 0.05) is 19.7 Å². The number of aliphatic imine (C=N–C) groups is 1. The Labute approximate surface area is 140 Å². The largest absolute Gasteiger partial charge is 0.384 e. The summed E-state index contributed by atoms with van der Waals surface area (Å²) >= 11 is 0. The molecule has 130 valence electrons. The van der Waals surface area contributed by atoms with Gasteiger partial charge in [-0.3, -0.25) is 0 Å². The van der Waals surface area contributed by atoms with E-state index in [1.807, 2.05) is 37.3 Å². The van der Waals surface area contributed by atoms with Crippen LogP contribution in [0.5, 0.6) is 0 Å². The summed E-state index contributed by atoms with van der Waals surface area (Å²) in [4.78, 5) is 4.48. The van der Waals surface area contributed by atoms with Crippen molar-refractivity contribution >= 4 is 5.96 Å². The Hall–Kier alpha value is -1.59. The van der Waals surface area contributed by atoms with Crippen LogP contribution in [0.25, 0.3) is 0 Å². The zero-order chi connectivity index (χ0) is 17.1. The number of nitrogens with zero attached hydrogens (tertiary/aromatic N) is 1. The molecule has 3 N–H and O–H groups in total. The third kappa shape index (κ3) is 8.00. The quantitative estimate of drug-likeness (QED) is 0.370. The zero-order valence-electron chi connectivity index (χ0n) is 14.8. The molecule has 0 aliphatic carbocycles. The molecule has 0 aromatic heterocycles. The van der Waals surface area contributed by atoms with Crippen molar-refractivity contribution in [2.45, 2.75) is 33.3 Å². The van der Waals surface area contributed by atoms with Crippen molar-refractivity contribution in [2.24, 2.45) is 10.9 Å². The van der Waals surface area contributed by atoms with E-state index in [0.717, 1.165) is 18.7 Å². The number of hydrogen-bond acceptors (Lipinski definition) is 3. The maximum atomic E-state index is 10.6. The Balaban J connectivity index is 2.50. The Morgan fingerprint density at radius 3 is 2.57 bits per heavy atom. The van der Waals surface area contributed by atoms with Crippen LogP contribution in [-0.2, 0) is 10.3 Å². The van der Waals surface area contributed by atoms with Crippen LogP contribution in [0.2, 0.25) is 0 Å². The molecule has 1 rings (SSSR count). The van der Waals surface area contributed by atoms with Gasteiger partial charge in [0.25, 0.3) is 0 Å². The fourth-order valence-electron chi connectivity index (χ4n) is 2.02. The normalized spacial score (nSPS) is 14.6. The van der Waals surface area contributed by atoms with E-state index >= 15 is 0 Å². The second-order valence-electron chi connectivity index (χ2n) is 6.23. The van der Waals surface area contributed by atoms with Crippen LogP contribution >= 0.6 is 0 Å². The molecule has 1 atom stereocenters. The smallest absolute Gasteiger partial charge is 0.191 e. The summed E-state index contributed by atoms with van der Waals surface area (Å²) in [5.74, 6) is 1.23. The van der Waals surface area contributed by atoms with Crippen LogP contribution in [0.3, 0.4) is 0 Å². The number of hydrogen-bond donors (Lipinski definition) is 3. The van der Waals surface area contributed by atoms with Crippen LogP contribution in [-0.4, -0.2) is 43.9 Å². The van der Waals surface area contributed by atoms with Gasteiger partial charge in [0.1, 0.15) is 5.60 Å². The van der Waals surface area contributed by atoms with Crippen LogP contribution in [0.15, 0.2) is 35.3 Å². The molecule has 23 heavy (non-hydrogen) atoms. The van der Waals surface area contributed by atoms with Crippen molar-refractivity contribution < 1.29 is 9.84 Å². The zero-order valence-corrected chi connectivity index (χ0v) is 14.8. The minimum atomic E-state index is -0.988. The summed E-state index contributed by atoms with van der Waals surface area (Å²) in [5, 5.41) is 17.0. The predicted molar refractivity (Wildman–Crippen MR) is 95.7 cm³/mol. The lowest BCUT2D eigenvalue weighted by molar-refractivity contribution is 0.0672. The molecule has 1 aromatic carbocycles. The number of guanidine groups is 1. The summed E-state index contributed by atoms with van der Waals surface area (Å²) in [7, 11) is 0. The van der Waals surface area contributed by atoms with Gasteiger partial charge in [0.15, 0.2) is 5.96 Å². The highest BCUT2D eigenvalue weighted by Crippen LogP contribution is 2.20. The van der Waals surface area contributed by atoms with E-state index in [9.17, 15) is 5.11 Å². The third-order valence-electron chi connectivity index (χ3n) is 3.27. The lowest BCUT2D eigenvalue weighted by atomic mass is 9.96. The van der Waals surface area contributed by atoms with Crippen LogP contribution in [0.1, 0.15) is 33.3 Å². The van der Waals surface area contributed by atoms with Crippen LogP contribution in [0.4, 0.5) is 0 Å². The molecule has 0 amide bonds. The molecular formula is C18H31N3O2. The van der Waals surface area contributed by atoms with Gasteiger partial charge in [-0.15, -0.1) is 0 Å². The lowest BCUT2D eigenvalue weighted by Crippen LogP contribution is -2.40. The average molecular weight is 321 g/mol. The van der Waals surface area contributed by atoms with Crippen LogP contribution < -0.4 is 10.6 Å². The van der Waals surface area contributed by atoms with E-state index in [1.54, 1.807) is 6.92 Å². The van der Waals surface area contributed by atoms with Gasteiger partial charge in [0.05, 0.1) is 13.2 Å². The highest BCUT2D eigenvalue weighted by molar-refractivity contribution is 5.79. The van der Waals surface area contributed by atoms with Crippen molar-refractivity contribution in [3.05, 3.63) is 35.9 Å². The first kappa shape index (κ1) is 19.5. The summed E-state index contributed by atoms with van der Waals surface area (Å²) < 4.78 is 5.54. The van der Waals surface area contributed by atoms with Crippen molar-refractivity contribution in [3.8, 4) is 0 Å². The molecule has 0 radical (unpaired) electrons. The monoisotopic (exact) mass is 321 g/mol. The minimum Gasteiger partial charge on any atom is -0.384 e. The Morgan fingerprint density at radius 1 is 1.26 bits per heavy atom. The summed E-state index contributed by atoms with van der Waals surface area (Å²) in [6.07, 6.45) is 0. The second kappa shape index (κ2) is 10.2. The Bertz CT molecular complexity index is 459. The first-order valence-electron chi connectivity index (χ1n) is 8.33. The molecule has 5 heteroatoms. The standard InChI is InChI=1S/C18H31N3O2/c1-5-19-17(20-11-12-23-13-15(2)3)21-14-18(4,22)16-9-7-6-8-10-16/h6-10,15,22H,5,11-14H2,1-4H3,(H2,19,20,21). The van der Waals surface area contributed by atoms with Gasteiger partial charge in [-0.05, 0) is 25.3 Å². The van der Waals surface area contributed by atoms with E-state index in [0.29, 0.717) is 31.6 Å². The fourth-order valence-corrected chi connectivity index (χ4v) is 2.02. The number of ether oxygens (including phenoxy) is 1. The van der Waals surface area contributed by atoms with E-state index in [1.165, 1.54) is 0 Å². The summed E-state index contributed by atoms with van der Waals surface area (Å²) in [5.41, 5.74) is -0.127. The molecule has 1 aromatic rings.